The van der Waals surface area contributed by atoms with Crippen LogP contribution in [0.25, 0.3) is 0 Å². The van der Waals surface area contributed by atoms with Gasteiger partial charge in [0.15, 0.2) is 0 Å². The molecular weight excluding hydrogens is 432 g/mol. The summed E-state index contributed by atoms with van der Waals surface area (Å²) in [6, 6.07) is 20.1. The van der Waals surface area contributed by atoms with Crippen LogP contribution in [0.4, 0.5) is 11.4 Å². The number of esters is 1. The number of para-hydroxylation sites is 1. The maximum atomic E-state index is 13.4. The fraction of sp³-hybridized carbons (Fsp3) is 0.269. The van der Waals surface area contributed by atoms with Crippen LogP contribution in [-0.2, 0) is 4.74 Å². The highest BCUT2D eigenvalue weighted by Gasteiger charge is 2.27. The molecule has 0 aliphatic carbocycles. The number of methoxy groups -OCH3 is 1. The van der Waals surface area contributed by atoms with Gasteiger partial charge in [0, 0.05) is 51.2 Å². The van der Waals surface area contributed by atoms with E-state index in [4.69, 9.17) is 4.74 Å². The van der Waals surface area contributed by atoms with E-state index in [0.717, 1.165) is 26.2 Å². The summed E-state index contributed by atoms with van der Waals surface area (Å²) in [6.45, 7) is 4.41. The Labute approximate surface area is 199 Å². The Morgan fingerprint density at radius 2 is 1.71 bits per heavy atom. The predicted octanol–water partition coefficient (Wildman–Crippen LogP) is 3.04. The third-order valence-corrected chi connectivity index (χ3v) is 5.96. The van der Waals surface area contributed by atoms with Crippen molar-refractivity contribution in [3.63, 3.8) is 0 Å². The molecule has 1 amide bonds. The Kier molecular flexibility index (Phi) is 7.39. The summed E-state index contributed by atoms with van der Waals surface area (Å²) < 4.78 is 4.87. The molecule has 0 spiro atoms. The van der Waals surface area contributed by atoms with E-state index in [2.05, 4.69) is 26.9 Å². The molecule has 2 aromatic carbocycles. The van der Waals surface area contributed by atoms with Crippen molar-refractivity contribution in [2.45, 2.75) is 0 Å². The topological polar surface area (TPSA) is 86.2 Å². The van der Waals surface area contributed by atoms with Gasteiger partial charge in [-0.1, -0.05) is 30.3 Å². The molecule has 1 aliphatic rings. The fourth-order valence-electron chi connectivity index (χ4n) is 4.13. The van der Waals surface area contributed by atoms with Gasteiger partial charge in [0.2, 0.25) is 0 Å². The number of aromatic hydroxyl groups is 1. The van der Waals surface area contributed by atoms with Gasteiger partial charge in [-0.2, -0.15) is 0 Å². The summed E-state index contributed by atoms with van der Waals surface area (Å²) in [5.41, 5.74) is 1.72. The summed E-state index contributed by atoms with van der Waals surface area (Å²) in [5, 5.41) is 10.4. The van der Waals surface area contributed by atoms with Crippen molar-refractivity contribution in [1.82, 2.24) is 9.88 Å². The number of phenolic OH excluding ortho intramolecular Hbond substituents is 1. The fourth-order valence-corrected chi connectivity index (χ4v) is 4.13. The second kappa shape index (κ2) is 10.8. The molecule has 34 heavy (non-hydrogen) atoms. The molecule has 1 fully saturated rings. The maximum Gasteiger partial charge on any atom is 0.343 e. The van der Waals surface area contributed by atoms with Crippen molar-refractivity contribution < 1.29 is 19.4 Å². The number of hydrogen-bond acceptors (Lipinski definition) is 7. The highest BCUT2D eigenvalue weighted by Crippen LogP contribution is 2.30. The highest BCUT2D eigenvalue weighted by molar-refractivity contribution is 6.09. The van der Waals surface area contributed by atoms with Crippen molar-refractivity contribution in [3.05, 3.63) is 84.2 Å². The zero-order chi connectivity index (χ0) is 23.9. The predicted molar refractivity (Wildman–Crippen MR) is 130 cm³/mol. The molecule has 176 valence electrons. The number of ether oxygens (including phenoxy) is 1. The molecule has 2 heterocycles. The zero-order valence-electron chi connectivity index (χ0n) is 19.1. The van der Waals surface area contributed by atoms with E-state index in [0.29, 0.717) is 18.8 Å². The monoisotopic (exact) mass is 460 g/mol. The van der Waals surface area contributed by atoms with Crippen LogP contribution in [0, 0.1) is 0 Å². The highest BCUT2D eigenvalue weighted by atomic mass is 16.5. The summed E-state index contributed by atoms with van der Waals surface area (Å²) in [4.78, 5) is 36.2. The molecule has 1 aromatic heterocycles. The lowest BCUT2D eigenvalue weighted by molar-refractivity contribution is 0.0598. The number of pyridine rings is 1. The Morgan fingerprint density at radius 1 is 0.971 bits per heavy atom. The molecule has 0 atom stereocenters. The number of nitrogens with zero attached hydrogens (tertiary/aromatic N) is 4. The van der Waals surface area contributed by atoms with E-state index in [9.17, 15) is 14.7 Å². The first-order valence-electron chi connectivity index (χ1n) is 11.2. The van der Waals surface area contributed by atoms with Gasteiger partial charge < -0.3 is 19.6 Å². The van der Waals surface area contributed by atoms with Crippen molar-refractivity contribution >= 4 is 23.3 Å². The quantitative estimate of drug-likeness (QED) is 0.543. The largest absolute Gasteiger partial charge is 0.507 e. The molecular formula is C26H28N4O4. The molecule has 8 heteroatoms. The van der Waals surface area contributed by atoms with E-state index in [-0.39, 0.29) is 22.9 Å². The van der Waals surface area contributed by atoms with Gasteiger partial charge in [0.1, 0.15) is 17.0 Å². The van der Waals surface area contributed by atoms with E-state index in [1.54, 1.807) is 36.5 Å². The SMILES string of the molecule is COC(=O)c1c(O)cccc1N(CCN1CCN(c2ccccc2)CC1)C(=O)c1ccccn1. The van der Waals surface area contributed by atoms with Crippen molar-refractivity contribution in [3.8, 4) is 5.75 Å². The van der Waals surface area contributed by atoms with Gasteiger partial charge in [-0.3, -0.25) is 14.7 Å². The van der Waals surface area contributed by atoms with Crippen LogP contribution in [0.1, 0.15) is 20.8 Å². The van der Waals surface area contributed by atoms with E-state index < -0.39 is 5.97 Å². The van der Waals surface area contributed by atoms with Crippen LogP contribution < -0.4 is 9.80 Å². The van der Waals surface area contributed by atoms with Gasteiger partial charge in [-0.05, 0) is 36.4 Å². The average Bonchev–Trinajstić information content (AvgIpc) is 2.89. The minimum atomic E-state index is -0.705. The molecule has 3 aromatic rings. The smallest absolute Gasteiger partial charge is 0.343 e. The minimum Gasteiger partial charge on any atom is -0.507 e. The van der Waals surface area contributed by atoms with E-state index in [1.165, 1.54) is 23.8 Å². The lowest BCUT2D eigenvalue weighted by atomic mass is 10.1. The standard InChI is InChI=1S/C26H28N4O4/c1-34-26(33)24-22(11-7-12-23(24)31)30(25(32)21-10-5-6-13-27-21)19-16-28-14-17-29(18-15-28)20-8-3-2-4-9-20/h2-13,31H,14-19H2,1H3. The molecule has 1 N–H and O–H groups in total. The molecule has 4 rings (SSSR count). The molecule has 1 aliphatic heterocycles. The van der Waals surface area contributed by atoms with Gasteiger partial charge in [0.25, 0.3) is 5.91 Å². The lowest BCUT2D eigenvalue weighted by Crippen LogP contribution is -2.49. The van der Waals surface area contributed by atoms with Crippen molar-refractivity contribution in [1.29, 1.82) is 0 Å². The summed E-state index contributed by atoms with van der Waals surface area (Å²) >= 11 is 0. The van der Waals surface area contributed by atoms with Gasteiger partial charge in [-0.25, -0.2) is 4.79 Å². The van der Waals surface area contributed by atoms with Crippen molar-refractivity contribution in [2.75, 3.05) is 56.2 Å². The first-order chi connectivity index (χ1) is 16.6. The number of hydrogen-bond donors (Lipinski definition) is 1. The van der Waals surface area contributed by atoms with E-state index in [1.807, 2.05) is 18.2 Å². The minimum absolute atomic E-state index is 0.0387. The second-order valence-electron chi connectivity index (χ2n) is 8.00. The average molecular weight is 461 g/mol. The van der Waals surface area contributed by atoms with Crippen LogP contribution in [0.3, 0.4) is 0 Å². The molecule has 1 saturated heterocycles. The first kappa shape index (κ1) is 23.3. The van der Waals surface area contributed by atoms with Crippen LogP contribution in [-0.4, -0.2) is 73.2 Å². The number of piperazine rings is 1. The van der Waals surface area contributed by atoms with Crippen LogP contribution in [0.15, 0.2) is 72.9 Å². The Morgan fingerprint density at radius 3 is 2.38 bits per heavy atom. The number of amides is 1. The third-order valence-electron chi connectivity index (χ3n) is 5.96. The number of anilines is 2. The second-order valence-corrected chi connectivity index (χ2v) is 8.00. The van der Waals surface area contributed by atoms with Crippen LogP contribution in [0.5, 0.6) is 5.75 Å². The van der Waals surface area contributed by atoms with Crippen molar-refractivity contribution in [2.24, 2.45) is 0 Å². The maximum absolute atomic E-state index is 13.4. The summed E-state index contributed by atoms with van der Waals surface area (Å²) in [7, 11) is 1.25. The first-order valence-corrected chi connectivity index (χ1v) is 11.2. The van der Waals surface area contributed by atoms with Gasteiger partial charge >= 0.3 is 5.97 Å². The number of benzene rings is 2. The molecule has 0 unspecified atom stereocenters. The zero-order valence-corrected chi connectivity index (χ0v) is 19.1. The number of carbonyl (C=O) groups is 2. The van der Waals surface area contributed by atoms with Crippen LogP contribution >= 0.6 is 0 Å². The Balaban J connectivity index is 1.53. The Hall–Kier alpha value is -3.91. The molecule has 8 nitrogen and oxygen atoms in total. The normalized spacial score (nSPS) is 14.0. The lowest BCUT2D eigenvalue weighted by Gasteiger charge is -2.37. The third kappa shape index (κ3) is 5.18. The molecule has 0 radical (unpaired) electrons. The molecule has 0 saturated carbocycles. The van der Waals surface area contributed by atoms with E-state index >= 15 is 0 Å². The Bertz CT molecular complexity index is 1120. The van der Waals surface area contributed by atoms with Gasteiger partial charge in [0.05, 0.1) is 12.8 Å². The number of phenols is 1. The van der Waals surface area contributed by atoms with Crippen LogP contribution in [0.2, 0.25) is 0 Å². The summed E-state index contributed by atoms with van der Waals surface area (Å²) in [6.07, 6.45) is 1.55. The number of aromatic nitrogens is 1. The number of rotatable bonds is 7. The molecule has 0 bridgehead atoms. The van der Waals surface area contributed by atoms with Gasteiger partial charge in [-0.15, -0.1) is 0 Å². The summed E-state index contributed by atoms with van der Waals surface area (Å²) in [5.74, 6) is -1.29. The number of carbonyl (C=O) groups excluding carboxylic acids is 2.